The Hall–Kier alpha value is -0.910. The molecule has 0 bridgehead atoms. The molecule has 4 nitrogen and oxygen atoms in total. The molecule has 0 fully saturated rings. The van der Waals surface area contributed by atoms with E-state index in [1.165, 1.54) is 18.2 Å². The summed E-state index contributed by atoms with van der Waals surface area (Å²) in [7, 11) is 0. The molecule has 19 heavy (non-hydrogen) atoms. The fraction of sp³-hybridized carbons (Fsp3) is 0.333. The second kappa shape index (κ2) is 6.03. The maximum atomic E-state index is 12.0. The molecule has 2 N–H and O–H groups in total. The van der Waals surface area contributed by atoms with Gasteiger partial charge in [-0.25, -0.2) is 4.79 Å². The second-order valence-electron chi connectivity index (χ2n) is 4.53. The SMILES string of the molecule is CC(C)(S)C(NC(=O)c1ccc(Cl)c(Cl)c1)C(=O)O. The van der Waals surface area contributed by atoms with Crippen LogP contribution in [-0.2, 0) is 4.79 Å². The molecule has 0 radical (unpaired) electrons. The van der Waals surface area contributed by atoms with E-state index >= 15 is 0 Å². The summed E-state index contributed by atoms with van der Waals surface area (Å²) in [6.45, 7) is 3.20. The zero-order chi connectivity index (χ0) is 14.8. The van der Waals surface area contributed by atoms with Gasteiger partial charge < -0.3 is 10.4 Å². The predicted octanol–water partition coefficient (Wildman–Crippen LogP) is 2.88. The van der Waals surface area contributed by atoms with Crippen LogP contribution in [0, 0.1) is 0 Å². The lowest BCUT2D eigenvalue weighted by molar-refractivity contribution is -0.139. The molecule has 1 amide bonds. The highest BCUT2D eigenvalue weighted by atomic mass is 35.5. The maximum absolute atomic E-state index is 12.0. The van der Waals surface area contributed by atoms with Crippen molar-refractivity contribution in [1.82, 2.24) is 5.32 Å². The first-order chi connectivity index (χ1) is 8.62. The first-order valence-electron chi connectivity index (χ1n) is 5.34. The van der Waals surface area contributed by atoms with Gasteiger partial charge in [0.15, 0.2) is 0 Å². The number of rotatable bonds is 4. The molecule has 0 aromatic heterocycles. The molecule has 1 aromatic carbocycles. The number of benzene rings is 1. The molecule has 0 aliphatic carbocycles. The number of amides is 1. The van der Waals surface area contributed by atoms with Gasteiger partial charge in [0.05, 0.1) is 10.0 Å². The van der Waals surface area contributed by atoms with Crippen LogP contribution in [0.1, 0.15) is 24.2 Å². The topological polar surface area (TPSA) is 66.4 Å². The van der Waals surface area contributed by atoms with Crippen molar-refractivity contribution in [2.45, 2.75) is 24.6 Å². The summed E-state index contributed by atoms with van der Waals surface area (Å²) in [6.07, 6.45) is 0. The van der Waals surface area contributed by atoms with Crippen molar-refractivity contribution in [1.29, 1.82) is 0 Å². The van der Waals surface area contributed by atoms with Crippen LogP contribution in [0.2, 0.25) is 10.0 Å². The maximum Gasteiger partial charge on any atom is 0.327 e. The van der Waals surface area contributed by atoms with Crippen LogP contribution in [0.4, 0.5) is 0 Å². The molecule has 0 heterocycles. The van der Waals surface area contributed by atoms with Gasteiger partial charge in [-0.3, -0.25) is 4.79 Å². The third-order valence-corrected chi connectivity index (χ3v) is 3.41. The van der Waals surface area contributed by atoms with Crippen molar-refractivity contribution in [3.8, 4) is 0 Å². The van der Waals surface area contributed by atoms with E-state index in [-0.39, 0.29) is 10.6 Å². The summed E-state index contributed by atoms with van der Waals surface area (Å²) < 4.78 is -0.905. The largest absolute Gasteiger partial charge is 0.480 e. The van der Waals surface area contributed by atoms with Gasteiger partial charge in [-0.05, 0) is 32.0 Å². The fourth-order valence-electron chi connectivity index (χ4n) is 1.39. The Morgan fingerprint density at radius 1 is 1.32 bits per heavy atom. The molecule has 1 atom stereocenters. The van der Waals surface area contributed by atoms with Crippen LogP contribution in [-0.4, -0.2) is 27.8 Å². The Morgan fingerprint density at radius 2 is 1.89 bits per heavy atom. The Morgan fingerprint density at radius 3 is 2.32 bits per heavy atom. The third-order valence-electron chi connectivity index (χ3n) is 2.41. The number of thiol groups is 1. The van der Waals surface area contributed by atoms with Crippen molar-refractivity contribution in [2.24, 2.45) is 0 Å². The van der Waals surface area contributed by atoms with E-state index in [1.54, 1.807) is 13.8 Å². The number of hydrogen-bond acceptors (Lipinski definition) is 3. The normalized spacial score (nSPS) is 12.9. The van der Waals surface area contributed by atoms with Crippen LogP contribution in [0.3, 0.4) is 0 Å². The van der Waals surface area contributed by atoms with Crippen molar-refractivity contribution in [3.63, 3.8) is 0 Å². The molecule has 1 rings (SSSR count). The molecule has 0 saturated heterocycles. The molecule has 0 saturated carbocycles. The number of halogens is 2. The van der Waals surface area contributed by atoms with E-state index < -0.39 is 22.7 Å². The van der Waals surface area contributed by atoms with Crippen LogP contribution in [0.25, 0.3) is 0 Å². The molecule has 0 aliphatic rings. The number of carbonyl (C=O) groups excluding carboxylic acids is 1. The zero-order valence-corrected chi connectivity index (χ0v) is 12.7. The summed E-state index contributed by atoms with van der Waals surface area (Å²) in [5.74, 6) is -1.71. The van der Waals surface area contributed by atoms with Gasteiger partial charge in [0.1, 0.15) is 6.04 Å². The lowest BCUT2D eigenvalue weighted by Crippen LogP contribution is -2.51. The number of carboxylic acids is 1. The van der Waals surface area contributed by atoms with Crippen molar-refractivity contribution < 1.29 is 14.7 Å². The van der Waals surface area contributed by atoms with Gasteiger partial charge in [-0.1, -0.05) is 23.2 Å². The standard InChI is InChI=1S/C12H13Cl2NO3S/c1-12(2,19)9(11(17)18)15-10(16)6-3-4-7(13)8(14)5-6/h3-5,9,19H,1-2H3,(H,15,16)(H,17,18). The molecule has 7 heteroatoms. The van der Waals surface area contributed by atoms with Gasteiger partial charge >= 0.3 is 5.97 Å². The first kappa shape index (κ1) is 16.1. The summed E-state index contributed by atoms with van der Waals surface area (Å²) >= 11 is 15.7. The van der Waals surface area contributed by atoms with Gasteiger partial charge in [0, 0.05) is 10.3 Å². The van der Waals surface area contributed by atoms with Gasteiger partial charge in [-0.15, -0.1) is 0 Å². The molecule has 1 aromatic rings. The molecule has 0 spiro atoms. The number of nitrogens with one attached hydrogen (secondary N) is 1. The monoisotopic (exact) mass is 321 g/mol. The van der Waals surface area contributed by atoms with Gasteiger partial charge in [0.25, 0.3) is 5.91 Å². The summed E-state index contributed by atoms with van der Waals surface area (Å²) in [5.41, 5.74) is 0.234. The molecule has 0 aliphatic heterocycles. The lowest BCUT2D eigenvalue weighted by Gasteiger charge is -2.26. The number of aliphatic carboxylic acids is 1. The first-order valence-corrected chi connectivity index (χ1v) is 6.54. The number of carbonyl (C=O) groups is 2. The predicted molar refractivity (Wildman–Crippen MR) is 78.4 cm³/mol. The smallest absolute Gasteiger partial charge is 0.327 e. The number of hydrogen-bond donors (Lipinski definition) is 3. The Bertz CT molecular complexity index is 514. The van der Waals surface area contributed by atoms with E-state index in [9.17, 15) is 9.59 Å². The highest BCUT2D eigenvalue weighted by molar-refractivity contribution is 7.81. The van der Waals surface area contributed by atoms with Crippen molar-refractivity contribution >= 4 is 47.7 Å². The lowest BCUT2D eigenvalue weighted by atomic mass is 10.0. The minimum absolute atomic E-state index is 0.228. The third kappa shape index (κ3) is 4.30. The number of carboxylic acid groups (broad SMARTS) is 1. The highest BCUT2D eigenvalue weighted by Gasteiger charge is 2.33. The Kier molecular flexibility index (Phi) is 5.12. The Balaban J connectivity index is 2.94. The average Bonchev–Trinajstić information content (AvgIpc) is 2.27. The average molecular weight is 322 g/mol. The van der Waals surface area contributed by atoms with Crippen LogP contribution < -0.4 is 5.32 Å². The fourth-order valence-corrected chi connectivity index (χ4v) is 1.87. The molecule has 104 valence electrons. The van der Waals surface area contributed by atoms with Crippen LogP contribution >= 0.6 is 35.8 Å². The molecular formula is C12H13Cl2NO3S. The Labute approximate surface area is 126 Å². The minimum atomic E-state index is -1.16. The van der Waals surface area contributed by atoms with Crippen LogP contribution in [0.5, 0.6) is 0 Å². The molecular weight excluding hydrogens is 309 g/mol. The summed E-state index contributed by atoms with van der Waals surface area (Å²) in [5, 5.41) is 12.0. The van der Waals surface area contributed by atoms with Crippen molar-refractivity contribution in [2.75, 3.05) is 0 Å². The van der Waals surface area contributed by atoms with E-state index in [0.717, 1.165) is 0 Å². The zero-order valence-electron chi connectivity index (χ0n) is 10.3. The van der Waals surface area contributed by atoms with Crippen molar-refractivity contribution in [3.05, 3.63) is 33.8 Å². The minimum Gasteiger partial charge on any atom is -0.480 e. The second-order valence-corrected chi connectivity index (χ2v) is 6.49. The summed E-state index contributed by atoms with van der Waals surface area (Å²) in [6, 6.07) is 3.19. The van der Waals surface area contributed by atoms with Gasteiger partial charge in [0.2, 0.25) is 0 Å². The van der Waals surface area contributed by atoms with E-state index in [1.807, 2.05) is 0 Å². The summed E-state index contributed by atoms with van der Waals surface area (Å²) in [4.78, 5) is 23.1. The van der Waals surface area contributed by atoms with E-state index in [0.29, 0.717) is 5.02 Å². The van der Waals surface area contributed by atoms with E-state index in [2.05, 4.69) is 17.9 Å². The van der Waals surface area contributed by atoms with Crippen LogP contribution in [0.15, 0.2) is 18.2 Å². The van der Waals surface area contributed by atoms with E-state index in [4.69, 9.17) is 28.3 Å². The highest BCUT2D eigenvalue weighted by Crippen LogP contribution is 2.23. The molecule has 1 unspecified atom stereocenters. The van der Waals surface area contributed by atoms with Gasteiger partial charge in [-0.2, -0.15) is 12.6 Å². The quantitative estimate of drug-likeness (QED) is 0.747.